The van der Waals surface area contributed by atoms with Crippen molar-refractivity contribution in [2.24, 2.45) is 9.98 Å². The average Bonchev–Trinajstić information content (AvgIpc) is 2.48. The standard InChI is InChI=1S/C16H14N2O2/c19-13-7-3-1-5-11(13)15-16(18-10-9-17-15)12-6-2-4-8-14(12)20/h1-8,19-20H,9-10H2. The first-order chi connectivity index (χ1) is 9.77. The first-order valence-electron chi connectivity index (χ1n) is 6.43. The molecule has 2 aromatic rings. The van der Waals surface area contributed by atoms with Gasteiger partial charge in [-0.1, -0.05) is 24.3 Å². The highest BCUT2D eigenvalue weighted by Gasteiger charge is 2.20. The van der Waals surface area contributed by atoms with Crippen molar-refractivity contribution >= 4 is 11.4 Å². The number of hydrogen-bond acceptors (Lipinski definition) is 4. The number of phenols is 2. The topological polar surface area (TPSA) is 65.2 Å². The molecule has 1 heterocycles. The lowest BCUT2D eigenvalue weighted by Crippen LogP contribution is -2.22. The summed E-state index contributed by atoms with van der Waals surface area (Å²) in [6.45, 7) is 1.17. The lowest BCUT2D eigenvalue weighted by molar-refractivity contribution is 0.473. The van der Waals surface area contributed by atoms with Gasteiger partial charge in [-0.2, -0.15) is 0 Å². The van der Waals surface area contributed by atoms with Gasteiger partial charge in [0, 0.05) is 11.1 Å². The molecular weight excluding hydrogens is 252 g/mol. The predicted molar refractivity (Wildman–Crippen MR) is 79.0 cm³/mol. The fraction of sp³-hybridized carbons (Fsp3) is 0.125. The summed E-state index contributed by atoms with van der Waals surface area (Å²) in [5, 5.41) is 20.0. The van der Waals surface area contributed by atoms with E-state index in [0.29, 0.717) is 35.6 Å². The van der Waals surface area contributed by atoms with Crippen LogP contribution < -0.4 is 0 Å². The molecule has 20 heavy (non-hydrogen) atoms. The zero-order valence-electron chi connectivity index (χ0n) is 10.8. The molecule has 0 aliphatic carbocycles. The average molecular weight is 266 g/mol. The Morgan fingerprint density at radius 2 is 1.05 bits per heavy atom. The zero-order chi connectivity index (χ0) is 13.9. The van der Waals surface area contributed by atoms with E-state index in [1.165, 1.54) is 0 Å². The summed E-state index contributed by atoms with van der Waals surface area (Å²) in [6, 6.07) is 14.1. The second kappa shape index (κ2) is 5.17. The van der Waals surface area contributed by atoms with Crippen LogP contribution in [-0.4, -0.2) is 34.7 Å². The van der Waals surface area contributed by atoms with Gasteiger partial charge in [-0.25, -0.2) is 0 Å². The summed E-state index contributed by atoms with van der Waals surface area (Å²) in [7, 11) is 0. The Morgan fingerprint density at radius 3 is 1.45 bits per heavy atom. The van der Waals surface area contributed by atoms with E-state index in [-0.39, 0.29) is 11.5 Å². The van der Waals surface area contributed by atoms with Crippen LogP contribution in [0, 0.1) is 0 Å². The molecule has 0 amide bonds. The van der Waals surface area contributed by atoms with Crippen LogP contribution in [0.5, 0.6) is 11.5 Å². The highest BCUT2D eigenvalue weighted by Crippen LogP contribution is 2.24. The lowest BCUT2D eigenvalue weighted by Gasteiger charge is -2.16. The molecule has 1 aliphatic rings. The smallest absolute Gasteiger partial charge is 0.125 e. The molecule has 0 aromatic heterocycles. The van der Waals surface area contributed by atoms with Crippen molar-refractivity contribution in [3.05, 3.63) is 59.7 Å². The van der Waals surface area contributed by atoms with Gasteiger partial charge in [-0.3, -0.25) is 9.98 Å². The molecule has 3 rings (SSSR count). The van der Waals surface area contributed by atoms with Crippen LogP contribution in [0.3, 0.4) is 0 Å². The van der Waals surface area contributed by atoms with E-state index in [9.17, 15) is 10.2 Å². The first kappa shape index (κ1) is 12.4. The van der Waals surface area contributed by atoms with Gasteiger partial charge in [0.2, 0.25) is 0 Å². The number of rotatable bonds is 2. The lowest BCUT2D eigenvalue weighted by atomic mass is 9.97. The molecule has 0 bridgehead atoms. The van der Waals surface area contributed by atoms with Gasteiger partial charge in [0.1, 0.15) is 11.5 Å². The van der Waals surface area contributed by atoms with E-state index in [2.05, 4.69) is 9.98 Å². The Labute approximate surface area is 116 Å². The van der Waals surface area contributed by atoms with Crippen LogP contribution in [0.2, 0.25) is 0 Å². The molecule has 0 unspecified atom stereocenters. The van der Waals surface area contributed by atoms with Crippen LogP contribution in [0.15, 0.2) is 58.5 Å². The third-order valence-electron chi connectivity index (χ3n) is 3.18. The normalized spacial score (nSPS) is 14.6. The summed E-state index contributed by atoms with van der Waals surface area (Å²) >= 11 is 0. The summed E-state index contributed by atoms with van der Waals surface area (Å²) in [5.74, 6) is 0.326. The third kappa shape index (κ3) is 2.16. The molecule has 4 heteroatoms. The maximum atomic E-state index is 10.00. The molecule has 4 nitrogen and oxygen atoms in total. The Balaban J connectivity index is 2.11. The monoisotopic (exact) mass is 266 g/mol. The van der Waals surface area contributed by atoms with E-state index in [0.717, 1.165) is 0 Å². The number of aromatic hydroxyl groups is 2. The van der Waals surface area contributed by atoms with Crippen LogP contribution in [0.1, 0.15) is 11.1 Å². The molecule has 0 saturated carbocycles. The molecule has 0 radical (unpaired) electrons. The molecule has 100 valence electrons. The fourth-order valence-electron chi connectivity index (χ4n) is 2.25. The summed E-state index contributed by atoms with van der Waals surface area (Å²) in [4.78, 5) is 8.95. The van der Waals surface area contributed by atoms with E-state index < -0.39 is 0 Å². The number of nitrogens with zero attached hydrogens (tertiary/aromatic N) is 2. The second-order valence-electron chi connectivity index (χ2n) is 4.49. The van der Waals surface area contributed by atoms with Crippen molar-refractivity contribution in [1.29, 1.82) is 0 Å². The Bertz CT molecular complexity index is 644. The van der Waals surface area contributed by atoms with Crippen LogP contribution >= 0.6 is 0 Å². The molecule has 2 aromatic carbocycles. The summed E-state index contributed by atoms with van der Waals surface area (Å²) in [6.07, 6.45) is 0. The number of hydrogen-bond donors (Lipinski definition) is 2. The number of phenolic OH excluding ortho intramolecular Hbond substituents is 2. The number of benzene rings is 2. The zero-order valence-corrected chi connectivity index (χ0v) is 10.8. The predicted octanol–water partition coefficient (Wildman–Crippen LogP) is 2.39. The van der Waals surface area contributed by atoms with Gasteiger partial charge >= 0.3 is 0 Å². The highest BCUT2D eigenvalue weighted by atomic mass is 16.3. The molecule has 0 saturated heterocycles. The van der Waals surface area contributed by atoms with Crippen molar-refractivity contribution in [2.75, 3.05) is 13.1 Å². The van der Waals surface area contributed by atoms with E-state index >= 15 is 0 Å². The molecule has 0 fully saturated rings. The van der Waals surface area contributed by atoms with E-state index in [4.69, 9.17) is 0 Å². The van der Waals surface area contributed by atoms with Gasteiger partial charge < -0.3 is 10.2 Å². The Hall–Kier alpha value is -2.62. The van der Waals surface area contributed by atoms with Crippen LogP contribution in [0.4, 0.5) is 0 Å². The molecule has 2 N–H and O–H groups in total. The third-order valence-corrected chi connectivity index (χ3v) is 3.18. The fourth-order valence-corrected chi connectivity index (χ4v) is 2.25. The summed E-state index contributed by atoms with van der Waals surface area (Å²) < 4.78 is 0. The quantitative estimate of drug-likeness (QED) is 0.876. The molecule has 0 spiro atoms. The van der Waals surface area contributed by atoms with Crippen molar-refractivity contribution in [2.45, 2.75) is 0 Å². The molecular formula is C16H14N2O2. The van der Waals surface area contributed by atoms with Crippen molar-refractivity contribution in [3.63, 3.8) is 0 Å². The van der Waals surface area contributed by atoms with E-state index in [1.807, 2.05) is 12.1 Å². The largest absolute Gasteiger partial charge is 0.507 e. The molecule has 1 aliphatic heterocycles. The van der Waals surface area contributed by atoms with E-state index in [1.54, 1.807) is 36.4 Å². The number of para-hydroxylation sites is 2. The van der Waals surface area contributed by atoms with Crippen LogP contribution in [-0.2, 0) is 0 Å². The minimum absolute atomic E-state index is 0.163. The van der Waals surface area contributed by atoms with Gasteiger partial charge in [-0.15, -0.1) is 0 Å². The maximum absolute atomic E-state index is 10.00. The highest BCUT2D eigenvalue weighted by molar-refractivity contribution is 6.54. The van der Waals surface area contributed by atoms with Gasteiger partial charge in [0.15, 0.2) is 0 Å². The van der Waals surface area contributed by atoms with Gasteiger partial charge in [0.05, 0.1) is 24.5 Å². The molecule has 0 atom stereocenters. The van der Waals surface area contributed by atoms with Crippen molar-refractivity contribution in [1.82, 2.24) is 0 Å². The van der Waals surface area contributed by atoms with Gasteiger partial charge in [-0.05, 0) is 24.3 Å². The maximum Gasteiger partial charge on any atom is 0.125 e. The van der Waals surface area contributed by atoms with Crippen molar-refractivity contribution in [3.8, 4) is 11.5 Å². The summed E-state index contributed by atoms with van der Waals surface area (Å²) in [5.41, 5.74) is 2.51. The van der Waals surface area contributed by atoms with Crippen molar-refractivity contribution < 1.29 is 10.2 Å². The Kier molecular flexibility index (Phi) is 3.21. The second-order valence-corrected chi connectivity index (χ2v) is 4.49. The van der Waals surface area contributed by atoms with Gasteiger partial charge in [0.25, 0.3) is 0 Å². The number of aliphatic imine (C=N–C) groups is 2. The first-order valence-corrected chi connectivity index (χ1v) is 6.43. The SMILES string of the molecule is Oc1ccccc1C1=NCCN=C1c1ccccc1O. The Morgan fingerprint density at radius 1 is 0.650 bits per heavy atom. The van der Waals surface area contributed by atoms with Crippen LogP contribution in [0.25, 0.3) is 0 Å². The minimum Gasteiger partial charge on any atom is -0.507 e. The minimum atomic E-state index is 0.163.